The van der Waals surface area contributed by atoms with Gasteiger partial charge in [-0.25, -0.2) is 4.39 Å². The van der Waals surface area contributed by atoms with Crippen LogP contribution in [0.3, 0.4) is 0 Å². The van der Waals surface area contributed by atoms with Crippen LogP contribution in [0, 0.1) is 0 Å². The molecule has 2 aliphatic rings. The molecule has 1 unspecified atom stereocenters. The zero-order valence-electron chi connectivity index (χ0n) is 12.5. The maximum Gasteiger partial charge on any atom is 0.410 e. The molecule has 1 saturated heterocycles. The second-order valence-corrected chi connectivity index (χ2v) is 5.90. The molecule has 0 amide bonds. The average Bonchev–Trinajstić information content (AvgIpc) is 2.55. The second kappa shape index (κ2) is 6.09. The fourth-order valence-corrected chi connectivity index (χ4v) is 3.29. The van der Waals surface area contributed by atoms with E-state index >= 15 is 0 Å². The Morgan fingerprint density at radius 2 is 1.70 bits per heavy atom. The highest BCUT2D eigenvalue weighted by Crippen LogP contribution is 2.46. The number of benzene rings is 1. The normalized spacial score (nSPS) is 26.6. The molecule has 1 aromatic carbocycles. The second-order valence-electron chi connectivity index (χ2n) is 5.90. The molecule has 1 aliphatic heterocycles. The maximum absolute atomic E-state index is 14.1. The van der Waals surface area contributed by atoms with Crippen LogP contribution in [0.2, 0.25) is 0 Å². The van der Waals surface area contributed by atoms with Crippen molar-refractivity contribution in [3.63, 3.8) is 0 Å². The average molecular weight is 326 g/mol. The first kappa shape index (κ1) is 16.2. The van der Waals surface area contributed by atoms with E-state index < -0.39 is 17.5 Å². The van der Waals surface area contributed by atoms with Crippen LogP contribution in [0.4, 0.5) is 17.6 Å². The quantitative estimate of drug-likeness (QED) is 0.837. The van der Waals surface area contributed by atoms with E-state index in [2.05, 4.69) is 5.32 Å². The molecule has 3 rings (SSSR count). The summed E-state index contributed by atoms with van der Waals surface area (Å²) >= 11 is 0. The van der Waals surface area contributed by atoms with Crippen LogP contribution in [-0.2, 0) is 0 Å². The summed E-state index contributed by atoms with van der Waals surface area (Å²) in [6.07, 6.45) is -2.86. The van der Waals surface area contributed by atoms with E-state index in [4.69, 9.17) is 0 Å². The number of allylic oxidation sites excluding steroid dienone is 2. The van der Waals surface area contributed by atoms with Gasteiger partial charge in [0.25, 0.3) is 0 Å². The van der Waals surface area contributed by atoms with Crippen LogP contribution in [0.15, 0.2) is 48.3 Å². The third-order valence-electron chi connectivity index (χ3n) is 4.47. The third kappa shape index (κ3) is 3.05. The predicted molar refractivity (Wildman–Crippen MR) is 81.5 cm³/mol. The maximum atomic E-state index is 14.1. The van der Waals surface area contributed by atoms with E-state index in [1.165, 1.54) is 11.0 Å². The summed E-state index contributed by atoms with van der Waals surface area (Å²) in [4.78, 5) is 1.35. The van der Waals surface area contributed by atoms with Gasteiger partial charge in [-0.05, 0) is 23.3 Å². The molecule has 23 heavy (non-hydrogen) atoms. The smallest absolute Gasteiger partial charge is 0.314 e. The molecule has 0 aromatic heterocycles. The number of hydrogen-bond acceptors (Lipinski definition) is 2. The number of halogens is 4. The monoisotopic (exact) mass is 326 g/mol. The van der Waals surface area contributed by atoms with Crippen molar-refractivity contribution in [2.45, 2.75) is 18.1 Å². The van der Waals surface area contributed by atoms with Gasteiger partial charge in [0.05, 0.1) is 0 Å². The predicted octanol–water partition coefficient (Wildman–Crippen LogP) is 3.53. The van der Waals surface area contributed by atoms with Crippen molar-refractivity contribution >= 4 is 5.57 Å². The van der Waals surface area contributed by atoms with E-state index in [0.29, 0.717) is 24.2 Å². The van der Waals surface area contributed by atoms with Gasteiger partial charge in [0.15, 0.2) is 0 Å². The zero-order chi connectivity index (χ0) is 16.5. The molecule has 124 valence electrons. The summed E-state index contributed by atoms with van der Waals surface area (Å²) in [6, 6.07) is 8.69. The Balaban J connectivity index is 2.02. The highest BCUT2D eigenvalue weighted by molar-refractivity contribution is 5.71. The van der Waals surface area contributed by atoms with Gasteiger partial charge < -0.3 is 5.32 Å². The fraction of sp³-hybridized carbons (Fsp3) is 0.412. The molecule has 0 spiro atoms. The lowest BCUT2D eigenvalue weighted by Crippen LogP contribution is -2.62. The van der Waals surface area contributed by atoms with Crippen LogP contribution < -0.4 is 5.32 Å². The minimum atomic E-state index is -4.55. The van der Waals surface area contributed by atoms with Crippen LogP contribution in [0.25, 0.3) is 5.57 Å². The van der Waals surface area contributed by atoms with Crippen LogP contribution in [-0.4, -0.2) is 42.8 Å². The Morgan fingerprint density at radius 1 is 1.04 bits per heavy atom. The molecule has 0 radical (unpaired) electrons. The van der Waals surface area contributed by atoms with Crippen molar-refractivity contribution in [2.24, 2.45) is 0 Å². The minimum absolute atomic E-state index is 0.241. The molecule has 0 bridgehead atoms. The summed E-state index contributed by atoms with van der Waals surface area (Å²) in [6.45, 7) is 1.42. The summed E-state index contributed by atoms with van der Waals surface area (Å²) in [5.41, 5.74) is -1.28. The SMILES string of the molecule is FC1=CC(N2CCNCC2)(C(F)(F)F)CC(c2ccccc2)=C1. The minimum Gasteiger partial charge on any atom is -0.314 e. The molecular weight excluding hydrogens is 308 g/mol. The molecule has 6 heteroatoms. The lowest BCUT2D eigenvalue weighted by atomic mass is 9.81. The molecule has 1 aliphatic carbocycles. The van der Waals surface area contributed by atoms with Gasteiger partial charge in [-0.15, -0.1) is 0 Å². The van der Waals surface area contributed by atoms with Crippen LogP contribution in [0.1, 0.15) is 12.0 Å². The molecular formula is C17H18F4N2. The lowest BCUT2D eigenvalue weighted by Gasteiger charge is -2.46. The number of hydrogen-bond donors (Lipinski definition) is 1. The van der Waals surface area contributed by atoms with Gasteiger partial charge in [0, 0.05) is 32.6 Å². The summed E-state index contributed by atoms with van der Waals surface area (Å²) in [5, 5.41) is 3.04. The molecule has 1 N–H and O–H groups in total. The highest BCUT2D eigenvalue weighted by Gasteiger charge is 2.58. The van der Waals surface area contributed by atoms with E-state index in [1.807, 2.05) is 0 Å². The van der Waals surface area contributed by atoms with Gasteiger partial charge in [0.1, 0.15) is 11.4 Å². The molecule has 1 aromatic rings. The first-order valence-electron chi connectivity index (χ1n) is 7.59. The Kier molecular flexibility index (Phi) is 4.29. The molecule has 1 fully saturated rings. The largest absolute Gasteiger partial charge is 0.410 e. The number of nitrogens with one attached hydrogen (secondary N) is 1. The van der Waals surface area contributed by atoms with Crippen molar-refractivity contribution in [2.75, 3.05) is 26.2 Å². The third-order valence-corrected chi connectivity index (χ3v) is 4.47. The fourth-order valence-electron chi connectivity index (χ4n) is 3.29. The lowest BCUT2D eigenvalue weighted by molar-refractivity contribution is -0.215. The summed E-state index contributed by atoms with van der Waals surface area (Å²) in [5.74, 6) is -0.828. The van der Waals surface area contributed by atoms with Crippen molar-refractivity contribution in [3.05, 3.63) is 53.9 Å². The molecule has 2 nitrogen and oxygen atoms in total. The van der Waals surface area contributed by atoms with Crippen LogP contribution in [0.5, 0.6) is 0 Å². The summed E-state index contributed by atoms with van der Waals surface area (Å²) < 4.78 is 56.0. The number of rotatable bonds is 2. The Bertz CT molecular complexity index is 615. The first-order chi connectivity index (χ1) is 10.9. The Morgan fingerprint density at radius 3 is 2.30 bits per heavy atom. The highest BCUT2D eigenvalue weighted by atomic mass is 19.4. The topological polar surface area (TPSA) is 15.3 Å². The van der Waals surface area contributed by atoms with Crippen LogP contribution >= 0.6 is 0 Å². The number of alkyl halides is 3. The van der Waals surface area contributed by atoms with E-state index in [1.54, 1.807) is 30.3 Å². The molecule has 0 saturated carbocycles. The van der Waals surface area contributed by atoms with Crippen molar-refractivity contribution in [1.29, 1.82) is 0 Å². The summed E-state index contributed by atoms with van der Waals surface area (Å²) in [7, 11) is 0. The first-order valence-corrected chi connectivity index (χ1v) is 7.59. The van der Waals surface area contributed by atoms with Crippen molar-refractivity contribution in [3.8, 4) is 0 Å². The number of piperazine rings is 1. The van der Waals surface area contributed by atoms with Gasteiger partial charge in [-0.1, -0.05) is 30.3 Å². The van der Waals surface area contributed by atoms with E-state index in [9.17, 15) is 17.6 Å². The van der Waals surface area contributed by atoms with Gasteiger partial charge in [0.2, 0.25) is 0 Å². The van der Waals surface area contributed by atoms with Gasteiger partial charge in [-0.2, -0.15) is 13.2 Å². The Hall–Kier alpha value is -1.66. The standard InChI is InChI=1S/C17H18F4N2/c18-15-10-14(13-4-2-1-3-5-13)11-16(12-15,17(19,20)21)23-8-6-22-7-9-23/h1-5,10,12,22H,6-9,11H2. The number of nitrogens with zero attached hydrogens (tertiary/aromatic N) is 1. The van der Waals surface area contributed by atoms with Crippen molar-refractivity contribution < 1.29 is 17.6 Å². The molecule has 1 heterocycles. The van der Waals surface area contributed by atoms with Gasteiger partial charge >= 0.3 is 6.18 Å². The van der Waals surface area contributed by atoms with E-state index in [0.717, 1.165) is 6.08 Å². The van der Waals surface area contributed by atoms with E-state index in [-0.39, 0.29) is 19.5 Å². The Labute approximate surface area is 132 Å². The zero-order valence-corrected chi connectivity index (χ0v) is 12.5. The molecule has 1 atom stereocenters. The van der Waals surface area contributed by atoms with Crippen molar-refractivity contribution in [1.82, 2.24) is 10.2 Å². The van der Waals surface area contributed by atoms with Gasteiger partial charge in [-0.3, -0.25) is 4.90 Å².